The predicted molar refractivity (Wildman–Crippen MR) is 70.3 cm³/mol. The SMILES string of the molecule is Cc1cc(N2CCCCCC2)c(C#N)c(C)[n+]1[O-]. The summed E-state index contributed by atoms with van der Waals surface area (Å²) in [6.07, 6.45) is 4.83. The molecule has 1 aromatic heterocycles. The summed E-state index contributed by atoms with van der Waals surface area (Å²) >= 11 is 0. The maximum atomic E-state index is 11.8. The van der Waals surface area contributed by atoms with Crippen molar-refractivity contribution in [2.24, 2.45) is 0 Å². The zero-order chi connectivity index (χ0) is 13.1. The topological polar surface area (TPSA) is 54.0 Å². The molecule has 1 aromatic rings. The third kappa shape index (κ3) is 2.26. The Hall–Kier alpha value is -1.76. The molecule has 18 heavy (non-hydrogen) atoms. The Morgan fingerprint density at radius 2 is 1.83 bits per heavy atom. The van der Waals surface area contributed by atoms with Crippen LogP contribution in [0.15, 0.2) is 6.07 Å². The quantitative estimate of drug-likeness (QED) is 0.563. The Balaban J connectivity index is 2.46. The van der Waals surface area contributed by atoms with Gasteiger partial charge in [0.25, 0.3) is 0 Å². The van der Waals surface area contributed by atoms with Crippen molar-refractivity contribution in [1.82, 2.24) is 0 Å². The van der Waals surface area contributed by atoms with Crippen molar-refractivity contribution in [1.29, 1.82) is 5.26 Å². The van der Waals surface area contributed by atoms with E-state index in [2.05, 4.69) is 11.0 Å². The van der Waals surface area contributed by atoms with Crippen LogP contribution in [0.4, 0.5) is 5.69 Å². The number of anilines is 1. The van der Waals surface area contributed by atoms with Crippen LogP contribution in [0.25, 0.3) is 0 Å². The summed E-state index contributed by atoms with van der Waals surface area (Å²) in [5.74, 6) is 0. The Morgan fingerprint density at radius 3 is 2.39 bits per heavy atom. The number of hydrogen-bond acceptors (Lipinski definition) is 3. The first-order chi connectivity index (χ1) is 8.65. The van der Waals surface area contributed by atoms with Gasteiger partial charge < -0.3 is 10.1 Å². The van der Waals surface area contributed by atoms with Gasteiger partial charge in [-0.3, -0.25) is 0 Å². The Kier molecular flexibility index (Phi) is 3.71. The summed E-state index contributed by atoms with van der Waals surface area (Å²) in [4.78, 5) is 2.26. The second-order valence-electron chi connectivity index (χ2n) is 4.94. The van der Waals surface area contributed by atoms with Gasteiger partial charge in [-0.2, -0.15) is 9.99 Å². The number of aromatic nitrogens is 1. The highest BCUT2D eigenvalue weighted by Crippen LogP contribution is 2.25. The molecule has 1 aliphatic rings. The highest BCUT2D eigenvalue weighted by atomic mass is 16.5. The van der Waals surface area contributed by atoms with Gasteiger partial charge in [0.1, 0.15) is 11.6 Å². The number of nitriles is 1. The normalized spacial score (nSPS) is 16.2. The zero-order valence-electron chi connectivity index (χ0n) is 11.1. The van der Waals surface area contributed by atoms with Crippen LogP contribution in [0.2, 0.25) is 0 Å². The highest BCUT2D eigenvalue weighted by molar-refractivity contribution is 5.60. The minimum atomic E-state index is 0.511. The minimum Gasteiger partial charge on any atom is -0.618 e. The largest absolute Gasteiger partial charge is 0.618 e. The van der Waals surface area contributed by atoms with Gasteiger partial charge in [0.15, 0.2) is 5.69 Å². The van der Waals surface area contributed by atoms with Crippen molar-refractivity contribution in [3.63, 3.8) is 0 Å². The van der Waals surface area contributed by atoms with E-state index in [1.165, 1.54) is 12.8 Å². The van der Waals surface area contributed by atoms with Gasteiger partial charge in [-0.1, -0.05) is 12.8 Å². The van der Waals surface area contributed by atoms with Crippen LogP contribution in [0.5, 0.6) is 0 Å². The molecule has 1 aliphatic heterocycles. The van der Waals surface area contributed by atoms with Crippen molar-refractivity contribution in [2.75, 3.05) is 18.0 Å². The minimum absolute atomic E-state index is 0.511. The molecule has 0 unspecified atom stereocenters. The van der Waals surface area contributed by atoms with Crippen molar-refractivity contribution < 1.29 is 4.73 Å². The summed E-state index contributed by atoms with van der Waals surface area (Å²) < 4.78 is 0.847. The fourth-order valence-corrected chi connectivity index (χ4v) is 2.58. The molecule has 1 fully saturated rings. The van der Waals surface area contributed by atoms with E-state index in [0.29, 0.717) is 17.0 Å². The monoisotopic (exact) mass is 245 g/mol. The molecule has 1 saturated heterocycles. The van der Waals surface area contributed by atoms with E-state index < -0.39 is 0 Å². The molecule has 2 rings (SSSR count). The first-order valence-corrected chi connectivity index (χ1v) is 6.54. The predicted octanol–water partition coefficient (Wildman–Crippen LogP) is 2.19. The molecule has 2 heterocycles. The molecule has 0 atom stereocenters. The molecule has 0 amide bonds. The number of pyridine rings is 1. The molecule has 0 aliphatic carbocycles. The number of nitrogens with zero attached hydrogens (tertiary/aromatic N) is 3. The highest BCUT2D eigenvalue weighted by Gasteiger charge is 2.21. The Bertz CT molecular complexity index is 483. The summed E-state index contributed by atoms with van der Waals surface area (Å²) in [6, 6.07) is 4.04. The molecular formula is C14H19N3O. The third-order valence-electron chi connectivity index (χ3n) is 3.65. The van der Waals surface area contributed by atoms with Gasteiger partial charge in [0, 0.05) is 33.0 Å². The van der Waals surface area contributed by atoms with Crippen LogP contribution < -0.4 is 9.63 Å². The molecule has 4 nitrogen and oxygen atoms in total. The van der Waals surface area contributed by atoms with Gasteiger partial charge >= 0.3 is 0 Å². The number of rotatable bonds is 1. The molecule has 0 N–H and O–H groups in total. The smallest absolute Gasteiger partial charge is 0.209 e. The average Bonchev–Trinajstić information content (AvgIpc) is 2.64. The van der Waals surface area contributed by atoms with Crippen LogP contribution in [-0.2, 0) is 0 Å². The van der Waals surface area contributed by atoms with Crippen molar-refractivity contribution in [3.05, 3.63) is 28.2 Å². The van der Waals surface area contributed by atoms with Gasteiger partial charge in [-0.05, 0) is 12.8 Å². The molecule has 0 saturated carbocycles. The first-order valence-electron chi connectivity index (χ1n) is 6.54. The third-order valence-corrected chi connectivity index (χ3v) is 3.65. The van der Waals surface area contributed by atoms with Crippen LogP contribution in [0.1, 0.15) is 42.6 Å². The van der Waals surface area contributed by atoms with E-state index in [0.717, 1.165) is 36.3 Å². The van der Waals surface area contributed by atoms with E-state index in [1.807, 2.05) is 6.07 Å². The maximum absolute atomic E-state index is 11.8. The molecule has 96 valence electrons. The lowest BCUT2D eigenvalue weighted by Gasteiger charge is -2.24. The molecule has 0 bridgehead atoms. The van der Waals surface area contributed by atoms with E-state index in [1.54, 1.807) is 13.8 Å². The van der Waals surface area contributed by atoms with Crippen LogP contribution in [-0.4, -0.2) is 13.1 Å². The van der Waals surface area contributed by atoms with E-state index >= 15 is 0 Å². The lowest BCUT2D eigenvalue weighted by atomic mass is 10.1. The Labute approximate surface area is 108 Å². The van der Waals surface area contributed by atoms with Crippen molar-refractivity contribution in [3.8, 4) is 6.07 Å². The molecule has 0 aromatic carbocycles. The van der Waals surface area contributed by atoms with E-state index in [4.69, 9.17) is 0 Å². The summed E-state index contributed by atoms with van der Waals surface area (Å²) in [5.41, 5.74) is 2.63. The van der Waals surface area contributed by atoms with Crippen LogP contribution in [0, 0.1) is 30.4 Å². The standard InChI is InChI=1S/C14H19N3O/c1-11-9-14(13(10-15)12(2)17(11)18)16-7-5-3-4-6-8-16/h9H,3-8H2,1-2H3. The second kappa shape index (κ2) is 5.26. The van der Waals surface area contributed by atoms with Gasteiger partial charge in [-0.25, -0.2) is 0 Å². The summed E-state index contributed by atoms with van der Waals surface area (Å²) in [7, 11) is 0. The van der Waals surface area contributed by atoms with Crippen molar-refractivity contribution in [2.45, 2.75) is 39.5 Å². The molecule has 0 spiro atoms. The first kappa shape index (κ1) is 12.7. The zero-order valence-corrected chi connectivity index (χ0v) is 11.1. The van der Waals surface area contributed by atoms with Gasteiger partial charge in [-0.15, -0.1) is 0 Å². The van der Waals surface area contributed by atoms with Crippen LogP contribution in [0.3, 0.4) is 0 Å². The average molecular weight is 245 g/mol. The molecular weight excluding hydrogens is 226 g/mol. The lowest BCUT2D eigenvalue weighted by Crippen LogP contribution is -2.36. The summed E-state index contributed by atoms with van der Waals surface area (Å²) in [6.45, 7) is 5.48. The van der Waals surface area contributed by atoms with Gasteiger partial charge in [0.05, 0.1) is 5.69 Å². The van der Waals surface area contributed by atoms with E-state index in [-0.39, 0.29) is 0 Å². The van der Waals surface area contributed by atoms with Crippen molar-refractivity contribution >= 4 is 5.69 Å². The van der Waals surface area contributed by atoms with Crippen LogP contribution >= 0.6 is 0 Å². The molecule has 4 heteroatoms. The lowest BCUT2D eigenvalue weighted by molar-refractivity contribution is -0.619. The molecule has 0 radical (unpaired) electrons. The van der Waals surface area contributed by atoms with Gasteiger partial charge in [0.2, 0.25) is 5.69 Å². The number of hydrogen-bond donors (Lipinski definition) is 0. The Morgan fingerprint density at radius 1 is 1.22 bits per heavy atom. The maximum Gasteiger partial charge on any atom is 0.209 e. The fraction of sp³-hybridized carbons (Fsp3) is 0.571. The summed E-state index contributed by atoms with van der Waals surface area (Å²) in [5, 5.41) is 21.1. The second-order valence-corrected chi connectivity index (χ2v) is 4.94. The number of aryl methyl sites for hydroxylation is 1. The van der Waals surface area contributed by atoms with E-state index in [9.17, 15) is 10.5 Å². The fourth-order valence-electron chi connectivity index (χ4n) is 2.58.